The Bertz CT molecular complexity index is 834. The van der Waals surface area contributed by atoms with Crippen molar-refractivity contribution in [3.63, 3.8) is 0 Å². The van der Waals surface area contributed by atoms with E-state index in [0.29, 0.717) is 12.2 Å². The first-order valence-electron chi connectivity index (χ1n) is 9.59. The number of carbonyl (C=O) groups is 1. The topological polar surface area (TPSA) is 64.2 Å². The van der Waals surface area contributed by atoms with Crippen LogP contribution in [-0.4, -0.2) is 39.7 Å². The van der Waals surface area contributed by atoms with Crippen molar-refractivity contribution in [1.82, 2.24) is 14.7 Å². The van der Waals surface area contributed by atoms with Crippen LogP contribution >= 0.6 is 0 Å². The van der Waals surface area contributed by atoms with E-state index in [4.69, 9.17) is 10.8 Å². The summed E-state index contributed by atoms with van der Waals surface area (Å²) in [5, 5.41) is 4.77. The van der Waals surface area contributed by atoms with Gasteiger partial charge in [-0.1, -0.05) is 31.5 Å². The Kier molecular flexibility index (Phi) is 4.14. The van der Waals surface area contributed by atoms with Crippen molar-refractivity contribution in [1.29, 1.82) is 0 Å². The number of hydrogen-bond donors (Lipinski definition) is 1. The molecule has 1 aromatic carbocycles. The molecule has 1 aliphatic carbocycles. The van der Waals surface area contributed by atoms with Crippen LogP contribution in [-0.2, 0) is 12.8 Å². The molecule has 1 fully saturated rings. The third kappa shape index (κ3) is 2.84. The van der Waals surface area contributed by atoms with Gasteiger partial charge in [-0.25, -0.2) is 4.68 Å². The van der Waals surface area contributed by atoms with Crippen LogP contribution in [0.25, 0.3) is 5.69 Å². The van der Waals surface area contributed by atoms with Gasteiger partial charge >= 0.3 is 0 Å². The molecular formula is C21H28N4O. The minimum Gasteiger partial charge on any atom is -0.337 e. The second-order valence-electron chi connectivity index (χ2n) is 8.49. The van der Waals surface area contributed by atoms with Crippen molar-refractivity contribution in [3.8, 4) is 5.69 Å². The zero-order valence-electron chi connectivity index (χ0n) is 16.0. The van der Waals surface area contributed by atoms with Gasteiger partial charge in [-0.3, -0.25) is 4.79 Å². The van der Waals surface area contributed by atoms with Crippen LogP contribution in [0, 0.1) is 12.3 Å². The molecule has 5 heteroatoms. The fraction of sp³-hybridized carbons (Fsp3) is 0.524. The Morgan fingerprint density at radius 1 is 1.23 bits per heavy atom. The van der Waals surface area contributed by atoms with Crippen LogP contribution in [0.2, 0.25) is 0 Å². The number of aromatic nitrogens is 2. The van der Waals surface area contributed by atoms with Crippen LogP contribution in [0.15, 0.2) is 24.3 Å². The zero-order valence-corrected chi connectivity index (χ0v) is 16.0. The lowest BCUT2D eigenvalue weighted by Crippen LogP contribution is -2.54. The van der Waals surface area contributed by atoms with Crippen molar-refractivity contribution in [2.75, 3.05) is 13.1 Å². The van der Waals surface area contributed by atoms with Crippen LogP contribution < -0.4 is 5.73 Å². The van der Waals surface area contributed by atoms with Gasteiger partial charge in [-0.05, 0) is 50.2 Å². The van der Waals surface area contributed by atoms with E-state index in [0.717, 1.165) is 43.5 Å². The van der Waals surface area contributed by atoms with Crippen molar-refractivity contribution >= 4 is 5.91 Å². The number of amides is 1. The third-order valence-corrected chi connectivity index (χ3v) is 6.01. The number of piperidine rings is 1. The highest BCUT2D eigenvalue weighted by Gasteiger charge is 2.37. The van der Waals surface area contributed by atoms with E-state index in [-0.39, 0.29) is 17.4 Å². The zero-order chi connectivity index (χ0) is 18.5. The van der Waals surface area contributed by atoms with E-state index in [1.807, 2.05) is 9.58 Å². The van der Waals surface area contributed by atoms with Gasteiger partial charge in [0.05, 0.1) is 5.69 Å². The van der Waals surface area contributed by atoms with Crippen molar-refractivity contribution in [2.24, 2.45) is 11.1 Å². The first-order chi connectivity index (χ1) is 12.4. The molecule has 1 saturated heterocycles. The normalized spacial score (nSPS) is 21.7. The van der Waals surface area contributed by atoms with E-state index in [1.54, 1.807) is 0 Å². The van der Waals surface area contributed by atoms with E-state index in [1.165, 1.54) is 11.3 Å². The maximum atomic E-state index is 13.3. The molecule has 5 nitrogen and oxygen atoms in total. The molecule has 2 heterocycles. The highest BCUT2D eigenvalue weighted by molar-refractivity contribution is 5.94. The standard InChI is InChI=1S/C21H28N4O/c1-14-7-9-15(10-8-14)25-17-6-4-5-16(17)19(23-25)20(26)24-12-11-18(22)21(2,3)13-24/h7-10,18H,4-6,11-13,22H2,1-3H3. The molecule has 0 spiro atoms. The fourth-order valence-corrected chi connectivity index (χ4v) is 4.21. The number of benzene rings is 1. The molecular weight excluding hydrogens is 324 g/mol. The summed E-state index contributed by atoms with van der Waals surface area (Å²) in [7, 11) is 0. The summed E-state index contributed by atoms with van der Waals surface area (Å²) in [4.78, 5) is 15.2. The summed E-state index contributed by atoms with van der Waals surface area (Å²) in [5.74, 6) is 0.0639. The molecule has 4 rings (SSSR count). The van der Waals surface area contributed by atoms with E-state index < -0.39 is 0 Å². The molecule has 0 saturated carbocycles. The fourth-order valence-electron chi connectivity index (χ4n) is 4.21. The third-order valence-electron chi connectivity index (χ3n) is 6.01. The quantitative estimate of drug-likeness (QED) is 0.904. The molecule has 138 valence electrons. The van der Waals surface area contributed by atoms with Gasteiger partial charge in [0.15, 0.2) is 5.69 Å². The largest absolute Gasteiger partial charge is 0.337 e. The van der Waals surface area contributed by atoms with Gasteiger partial charge in [0, 0.05) is 30.4 Å². The number of aryl methyl sites for hydroxylation is 1. The summed E-state index contributed by atoms with van der Waals surface area (Å²) in [5.41, 5.74) is 11.4. The van der Waals surface area contributed by atoms with E-state index in [2.05, 4.69) is 45.0 Å². The average Bonchev–Trinajstić information content (AvgIpc) is 3.20. The lowest BCUT2D eigenvalue weighted by Gasteiger charge is -2.42. The maximum Gasteiger partial charge on any atom is 0.274 e. The first-order valence-corrected chi connectivity index (χ1v) is 9.59. The van der Waals surface area contributed by atoms with Crippen LogP contribution in [0.3, 0.4) is 0 Å². The molecule has 1 aromatic heterocycles. The lowest BCUT2D eigenvalue weighted by atomic mass is 9.79. The monoisotopic (exact) mass is 352 g/mol. The van der Waals surface area contributed by atoms with Gasteiger partial charge in [-0.15, -0.1) is 0 Å². The maximum absolute atomic E-state index is 13.3. The summed E-state index contributed by atoms with van der Waals surface area (Å²) in [6.45, 7) is 7.78. The second-order valence-corrected chi connectivity index (χ2v) is 8.49. The summed E-state index contributed by atoms with van der Waals surface area (Å²) in [6, 6.07) is 8.49. The molecule has 1 amide bonds. The SMILES string of the molecule is Cc1ccc(-n2nc(C(=O)N3CCC(N)C(C)(C)C3)c3c2CCC3)cc1. The molecule has 1 atom stereocenters. The van der Waals surface area contributed by atoms with Crippen molar-refractivity contribution in [3.05, 3.63) is 46.8 Å². The average molecular weight is 352 g/mol. The molecule has 2 N–H and O–H groups in total. The van der Waals surface area contributed by atoms with Crippen molar-refractivity contribution < 1.29 is 4.79 Å². The highest BCUT2D eigenvalue weighted by atomic mass is 16.2. The molecule has 0 radical (unpaired) electrons. The molecule has 1 aliphatic heterocycles. The Morgan fingerprint density at radius 2 is 1.96 bits per heavy atom. The smallest absolute Gasteiger partial charge is 0.274 e. The van der Waals surface area contributed by atoms with Gasteiger partial charge in [0.25, 0.3) is 5.91 Å². The summed E-state index contributed by atoms with van der Waals surface area (Å²) < 4.78 is 1.98. The summed E-state index contributed by atoms with van der Waals surface area (Å²) >= 11 is 0. The Balaban J connectivity index is 1.68. The number of rotatable bonds is 2. The van der Waals surface area contributed by atoms with E-state index >= 15 is 0 Å². The lowest BCUT2D eigenvalue weighted by molar-refractivity contribution is 0.0526. The molecule has 0 bridgehead atoms. The number of hydrogen-bond acceptors (Lipinski definition) is 3. The Morgan fingerprint density at radius 3 is 2.65 bits per heavy atom. The number of fused-ring (bicyclic) bond motifs is 1. The summed E-state index contributed by atoms with van der Waals surface area (Å²) in [6.07, 6.45) is 3.87. The molecule has 1 unspecified atom stereocenters. The molecule has 2 aromatic rings. The molecule has 2 aliphatic rings. The minimum atomic E-state index is -0.0589. The van der Waals surface area contributed by atoms with Gasteiger partial charge in [0.2, 0.25) is 0 Å². The van der Waals surface area contributed by atoms with Crippen LogP contribution in [0.4, 0.5) is 0 Å². The second kappa shape index (κ2) is 6.23. The van der Waals surface area contributed by atoms with Crippen molar-refractivity contribution in [2.45, 2.75) is 52.5 Å². The number of likely N-dealkylation sites (tertiary alicyclic amines) is 1. The minimum absolute atomic E-state index is 0.0589. The van der Waals surface area contributed by atoms with Crippen LogP contribution in [0.1, 0.15) is 54.0 Å². The first kappa shape index (κ1) is 17.3. The van der Waals surface area contributed by atoms with Gasteiger partial charge < -0.3 is 10.6 Å². The number of nitrogens with zero attached hydrogens (tertiary/aromatic N) is 3. The predicted octanol–water partition coefficient (Wildman–Crippen LogP) is 2.87. The highest BCUT2D eigenvalue weighted by Crippen LogP contribution is 2.32. The Labute approximate surface area is 155 Å². The van der Waals surface area contributed by atoms with Crippen LogP contribution in [0.5, 0.6) is 0 Å². The van der Waals surface area contributed by atoms with Gasteiger partial charge in [-0.2, -0.15) is 5.10 Å². The Hall–Kier alpha value is -2.14. The number of nitrogens with two attached hydrogens (primary N) is 1. The number of carbonyl (C=O) groups excluding carboxylic acids is 1. The van der Waals surface area contributed by atoms with E-state index in [9.17, 15) is 4.79 Å². The molecule has 26 heavy (non-hydrogen) atoms. The van der Waals surface area contributed by atoms with Gasteiger partial charge in [0.1, 0.15) is 0 Å². The predicted molar refractivity (Wildman–Crippen MR) is 103 cm³/mol.